The predicted molar refractivity (Wildman–Crippen MR) is 93.7 cm³/mol. The molecular weight excluding hydrogens is 345 g/mol. The van der Waals surface area contributed by atoms with Gasteiger partial charge in [0.05, 0.1) is 12.5 Å². The Morgan fingerprint density at radius 3 is 2.72 bits per heavy atom. The lowest BCUT2D eigenvalue weighted by atomic mass is 10.0. The SMILES string of the molecule is O=C1NCCN(Cc2c(F)cccc2Cl)[C@H]1CC(=O)N1CCCCC1. The third-order valence-electron chi connectivity index (χ3n) is 4.94. The van der Waals surface area contributed by atoms with Crippen molar-refractivity contribution < 1.29 is 14.0 Å². The molecule has 2 aliphatic heterocycles. The summed E-state index contributed by atoms with van der Waals surface area (Å²) in [6, 6.07) is 3.97. The van der Waals surface area contributed by atoms with Crippen LogP contribution >= 0.6 is 11.6 Å². The zero-order valence-electron chi connectivity index (χ0n) is 14.1. The van der Waals surface area contributed by atoms with Crippen LogP contribution in [-0.2, 0) is 16.1 Å². The average Bonchev–Trinajstić information content (AvgIpc) is 2.61. The van der Waals surface area contributed by atoms with Gasteiger partial charge in [-0.05, 0) is 31.4 Å². The third-order valence-corrected chi connectivity index (χ3v) is 5.30. The van der Waals surface area contributed by atoms with Crippen LogP contribution in [-0.4, -0.2) is 53.8 Å². The number of hydrogen-bond donors (Lipinski definition) is 1. The fourth-order valence-electron chi connectivity index (χ4n) is 3.50. The van der Waals surface area contributed by atoms with E-state index >= 15 is 0 Å². The standard InChI is InChI=1S/C18H23ClFN3O2/c19-14-5-4-6-15(20)13(14)12-23-10-7-21-18(25)16(23)11-17(24)22-8-2-1-3-9-22/h4-6,16H,1-3,7-12H2,(H,21,25)/t16-/m0/s1. The molecule has 7 heteroatoms. The van der Waals surface area contributed by atoms with Crippen LogP contribution < -0.4 is 5.32 Å². The van der Waals surface area contributed by atoms with Crippen molar-refractivity contribution in [2.45, 2.75) is 38.3 Å². The van der Waals surface area contributed by atoms with Gasteiger partial charge in [-0.1, -0.05) is 17.7 Å². The quantitative estimate of drug-likeness (QED) is 0.887. The molecule has 1 N–H and O–H groups in total. The summed E-state index contributed by atoms with van der Waals surface area (Å²) in [5.41, 5.74) is 0.370. The van der Waals surface area contributed by atoms with Gasteiger partial charge in [-0.3, -0.25) is 14.5 Å². The van der Waals surface area contributed by atoms with Crippen LogP contribution in [0.25, 0.3) is 0 Å². The molecule has 2 heterocycles. The monoisotopic (exact) mass is 367 g/mol. The molecule has 3 rings (SSSR count). The number of likely N-dealkylation sites (tertiary alicyclic amines) is 1. The fraction of sp³-hybridized carbons (Fsp3) is 0.556. The molecule has 0 aromatic heterocycles. The summed E-state index contributed by atoms with van der Waals surface area (Å²) in [6.07, 6.45) is 3.29. The van der Waals surface area contributed by atoms with Crippen molar-refractivity contribution in [1.29, 1.82) is 0 Å². The first-order valence-electron chi connectivity index (χ1n) is 8.78. The Hall–Kier alpha value is -1.66. The molecule has 0 aliphatic carbocycles. The molecule has 136 valence electrons. The molecule has 25 heavy (non-hydrogen) atoms. The number of piperidine rings is 1. The lowest BCUT2D eigenvalue weighted by Crippen LogP contribution is -2.56. The second-order valence-electron chi connectivity index (χ2n) is 6.62. The normalized spacial score (nSPS) is 21.9. The van der Waals surface area contributed by atoms with E-state index in [9.17, 15) is 14.0 Å². The molecule has 0 bridgehead atoms. The zero-order chi connectivity index (χ0) is 17.8. The number of rotatable bonds is 4. The van der Waals surface area contributed by atoms with E-state index in [0.717, 1.165) is 32.4 Å². The minimum absolute atomic E-state index is 0.00798. The summed E-state index contributed by atoms with van der Waals surface area (Å²) >= 11 is 6.12. The lowest BCUT2D eigenvalue weighted by Gasteiger charge is -2.36. The van der Waals surface area contributed by atoms with E-state index < -0.39 is 6.04 Å². The van der Waals surface area contributed by atoms with Crippen LogP contribution in [0.1, 0.15) is 31.2 Å². The molecule has 2 saturated heterocycles. The lowest BCUT2D eigenvalue weighted by molar-refractivity contribution is -0.139. The molecular formula is C18H23ClFN3O2. The van der Waals surface area contributed by atoms with Gasteiger partial charge < -0.3 is 10.2 Å². The zero-order valence-corrected chi connectivity index (χ0v) is 14.9. The molecule has 2 amide bonds. The van der Waals surface area contributed by atoms with Gasteiger partial charge in [0.25, 0.3) is 0 Å². The highest BCUT2D eigenvalue weighted by Crippen LogP contribution is 2.23. The number of nitrogens with zero attached hydrogens (tertiary/aromatic N) is 2. The maximum absolute atomic E-state index is 14.1. The summed E-state index contributed by atoms with van der Waals surface area (Å²) < 4.78 is 14.1. The molecule has 2 fully saturated rings. The number of carbonyl (C=O) groups excluding carboxylic acids is 2. The van der Waals surface area contributed by atoms with E-state index in [4.69, 9.17) is 11.6 Å². The molecule has 0 radical (unpaired) electrons. The van der Waals surface area contributed by atoms with Gasteiger partial charge in [0.2, 0.25) is 11.8 Å². The van der Waals surface area contributed by atoms with Gasteiger partial charge in [-0.2, -0.15) is 0 Å². The van der Waals surface area contributed by atoms with Crippen LogP contribution in [0.15, 0.2) is 18.2 Å². The molecule has 0 unspecified atom stereocenters. The van der Waals surface area contributed by atoms with Crippen LogP contribution in [0, 0.1) is 5.82 Å². The van der Waals surface area contributed by atoms with Crippen molar-refractivity contribution in [1.82, 2.24) is 15.1 Å². The first kappa shape index (κ1) is 18.1. The van der Waals surface area contributed by atoms with Gasteiger partial charge in [0.15, 0.2) is 0 Å². The number of nitrogens with one attached hydrogen (secondary N) is 1. The Bertz CT molecular complexity index is 629. The largest absolute Gasteiger partial charge is 0.353 e. The number of hydrogen-bond acceptors (Lipinski definition) is 3. The van der Waals surface area contributed by atoms with E-state index in [1.165, 1.54) is 6.07 Å². The fourth-order valence-corrected chi connectivity index (χ4v) is 3.72. The second kappa shape index (κ2) is 8.15. The van der Waals surface area contributed by atoms with Gasteiger partial charge >= 0.3 is 0 Å². The smallest absolute Gasteiger partial charge is 0.237 e. The highest BCUT2D eigenvalue weighted by molar-refractivity contribution is 6.31. The van der Waals surface area contributed by atoms with E-state index in [1.807, 2.05) is 9.80 Å². The van der Waals surface area contributed by atoms with E-state index in [2.05, 4.69) is 5.32 Å². The Balaban J connectivity index is 1.72. The van der Waals surface area contributed by atoms with Crippen molar-refractivity contribution in [3.05, 3.63) is 34.6 Å². The summed E-state index contributed by atoms with van der Waals surface area (Å²) in [7, 11) is 0. The molecule has 0 saturated carbocycles. The Morgan fingerprint density at radius 2 is 2.00 bits per heavy atom. The van der Waals surface area contributed by atoms with E-state index in [1.54, 1.807) is 12.1 Å². The second-order valence-corrected chi connectivity index (χ2v) is 7.03. The molecule has 0 spiro atoms. The molecule has 1 atom stereocenters. The average molecular weight is 368 g/mol. The Labute approximate surface area is 152 Å². The number of amides is 2. The summed E-state index contributed by atoms with van der Waals surface area (Å²) in [5.74, 6) is -0.574. The first-order chi connectivity index (χ1) is 12.1. The number of benzene rings is 1. The minimum Gasteiger partial charge on any atom is -0.353 e. The molecule has 1 aromatic rings. The summed E-state index contributed by atoms with van der Waals surface area (Å²) in [6.45, 7) is 2.78. The number of piperazine rings is 1. The summed E-state index contributed by atoms with van der Waals surface area (Å²) in [5, 5.41) is 3.15. The molecule has 1 aromatic carbocycles. The maximum Gasteiger partial charge on any atom is 0.237 e. The van der Waals surface area contributed by atoms with Crippen molar-refractivity contribution in [3.8, 4) is 0 Å². The van der Waals surface area contributed by atoms with Crippen molar-refractivity contribution in [3.63, 3.8) is 0 Å². The highest BCUT2D eigenvalue weighted by atomic mass is 35.5. The number of halogens is 2. The van der Waals surface area contributed by atoms with Gasteiger partial charge in [-0.25, -0.2) is 4.39 Å². The maximum atomic E-state index is 14.1. The number of carbonyl (C=O) groups is 2. The van der Waals surface area contributed by atoms with Crippen molar-refractivity contribution in [2.24, 2.45) is 0 Å². The van der Waals surface area contributed by atoms with Crippen molar-refractivity contribution >= 4 is 23.4 Å². The van der Waals surface area contributed by atoms with Crippen LogP contribution in [0.2, 0.25) is 5.02 Å². The third kappa shape index (κ3) is 4.30. The first-order valence-corrected chi connectivity index (χ1v) is 9.16. The van der Waals surface area contributed by atoms with E-state index in [-0.39, 0.29) is 30.6 Å². The van der Waals surface area contributed by atoms with Crippen LogP contribution in [0.4, 0.5) is 4.39 Å². The van der Waals surface area contributed by atoms with Crippen molar-refractivity contribution in [2.75, 3.05) is 26.2 Å². The van der Waals surface area contributed by atoms with Gasteiger partial charge in [0, 0.05) is 43.3 Å². The minimum atomic E-state index is -0.584. The van der Waals surface area contributed by atoms with Crippen LogP contribution in [0.3, 0.4) is 0 Å². The summed E-state index contributed by atoms with van der Waals surface area (Å²) in [4.78, 5) is 28.6. The highest BCUT2D eigenvalue weighted by Gasteiger charge is 2.33. The Morgan fingerprint density at radius 1 is 1.24 bits per heavy atom. The molecule has 5 nitrogen and oxygen atoms in total. The van der Waals surface area contributed by atoms with Gasteiger partial charge in [0.1, 0.15) is 5.82 Å². The molecule has 2 aliphatic rings. The topological polar surface area (TPSA) is 52.7 Å². The Kier molecular flexibility index (Phi) is 5.91. The van der Waals surface area contributed by atoms with E-state index in [0.29, 0.717) is 23.7 Å². The van der Waals surface area contributed by atoms with Crippen LogP contribution in [0.5, 0.6) is 0 Å². The predicted octanol–water partition coefficient (Wildman–Crippen LogP) is 2.18. The van der Waals surface area contributed by atoms with Gasteiger partial charge in [-0.15, -0.1) is 0 Å².